The van der Waals surface area contributed by atoms with Crippen molar-refractivity contribution >= 4 is 0 Å². The van der Waals surface area contributed by atoms with E-state index in [4.69, 9.17) is 5.84 Å². The summed E-state index contributed by atoms with van der Waals surface area (Å²) in [5.74, 6) is 5.59. The topological polar surface area (TPSA) is 55.9 Å². The SMILES string of the molecule is Cn1ccc(C(CCCc2ccccc2)NN)n1. The number of hydrazine groups is 1. The van der Waals surface area contributed by atoms with Crippen LogP contribution in [0.3, 0.4) is 0 Å². The second-order valence-electron chi connectivity index (χ2n) is 4.51. The summed E-state index contributed by atoms with van der Waals surface area (Å²) in [6.45, 7) is 0. The molecular weight excluding hydrogens is 224 g/mol. The zero-order valence-electron chi connectivity index (χ0n) is 10.7. The van der Waals surface area contributed by atoms with E-state index in [1.807, 2.05) is 25.4 Å². The van der Waals surface area contributed by atoms with Crippen LogP contribution in [0.5, 0.6) is 0 Å². The van der Waals surface area contributed by atoms with Gasteiger partial charge in [0.15, 0.2) is 0 Å². The van der Waals surface area contributed by atoms with Gasteiger partial charge in [-0.1, -0.05) is 30.3 Å². The number of hydrogen-bond acceptors (Lipinski definition) is 3. The molecule has 1 aromatic carbocycles. The summed E-state index contributed by atoms with van der Waals surface area (Å²) >= 11 is 0. The molecule has 0 saturated heterocycles. The van der Waals surface area contributed by atoms with Gasteiger partial charge in [-0.3, -0.25) is 16.0 Å². The van der Waals surface area contributed by atoms with Crippen molar-refractivity contribution in [2.45, 2.75) is 25.3 Å². The van der Waals surface area contributed by atoms with Crippen molar-refractivity contribution in [3.63, 3.8) is 0 Å². The quantitative estimate of drug-likeness (QED) is 0.603. The Bertz CT molecular complexity index is 464. The number of rotatable bonds is 6. The van der Waals surface area contributed by atoms with Crippen molar-refractivity contribution in [3.05, 3.63) is 53.9 Å². The summed E-state index contributed by atoms with van der Waals surface area (Å²) in [4.78, 5) is 0. The largest absolute Gasteiger partial charge is 0.275 e. The van der Waals surface area contributed by atoms with Gasteiger partial charge in [-0.2, -0.15) is 5.10 Å². The predicted molar refractivity (Wildman–Crippen MR) is 72.7 cm³/mol. The minimum Gasteiger partial charge on any atom is -0.275 e. The van der Waals surface area contributed by atoms with Crippen molar-refractivity contribution in [2.75, 3.05) is 0 Å². The smallest absolute Gasteiger partial charge is 0.0807 e. The number of aromatic nitrogens is 2. The minimum absolute atomic E-state index is 0.134. The van der Waals surface area contributed by atoms with Crippen molar-refractivity contribution < 1.29 is 0 Å². The molecule has 4 heteroatoms. The highest BCUT2D eigenvalue weighted by Crippen LogP contribution is 2.17. The number of hydrogen-bond donors (Lipinski definition) is 2. The molecule has 0 spiro atoms. The Balaban J connectivity index is 1.85. The molecule has 1 atom stereocenters. The van der Waals surface area contributed by atoms with E-state index < -0.39 is 0 Å². The first-order valence-corrected chi connectivity index (χ1v) is 6.29. The predicted octanol–water partition coefficient (Wildman–Crippen LogP) is 1.95. The number of benzene rings is 1. The highest BCUT2D eigenvalue weighted by molar-refractivity contribution is 5.14. The van der Waals surface area contributed by atoms with Gasteiger partial charge in [0.25, 0.3) is 0 Å². The van der Waals surface area contributed by atoms with Crippen molar-refractivity contribution in [1.29, 1.82) is 0 Å². The third-order valence-electron chi connectivity index (χ3n) is 3.09. The highest BCUT2D eigenvalue weighted by Gasteiger charge is 2.11. The van der Waals surface area contributed by atoms with Gasteiger partial charge < -0.3 is 0 Å². The molecule has 0 fully saturated rings. The van der Waals surface area contributed by atoms with Crippen LogP contribution in [-0.4, -0.2) is 9.78 Å². The monoisotopic (exact) mass is 244 g/mol. The van der Waals surface area contributed by atoms with Crippen LogP contribution in [0.15, 0.2) is 42.6 Å². The van der Waals surface area contributed by atoms with E-state index in [9.17, 15) is 0 Å². The Kier molecular flexibility index (Phi) is 4.50. The van der Waals surface area contributed by atoms with Gasteiger partial charge in [0, 0.05) is 13.2 Å². The van der Waals surface area contributed by atoms with Crippen LogP contribution in [0.2, 0.25) is 0 Å². The number of aryl methyl sites for hydroxylation is 2. The van der Waals surface area contributed by atoms with Gasteiger partial charge in [-0.05, 0) is 30.9 Å². The minimum atomic E-state index is 0.134. The molecule has 96 valence electrons. The Morgan fingerprint density at radius 2 is 2.06 bits per heavy atom. The third-order valence-corrected chi connectivity index (χ3v) is 3.09. The fourth-order valence-electron chi connectivity index (χ4n) is 2.09. The second kappa shape index (κ2) is 6.33. The van der Waals surface area contributed by atoms with Crippen molar-refractivity contribution in [3.8, 4) is 0 Å². The van der Waals surface area contributed by atoms with Gasteiger partial charge >= 0.3 is 0 Å². The summed E-state index contributed by atoms with van der Waals surface area (Å²) in [7, 11) is 1.92. The van der Waals surface area contributed by atoms with Gasteiger partial charge in [-0.15, -0.1) is 0 Å². The summed E-state index contributed by atoms with van der Waals surface area (Å²) in [5.41, 5.74) is 5.22. The Morgan fingerprint density at radius 1 is 1.28 bits per heavy atom. The van der Waals surface area contributed by atoms with E-state index in [1.54, 1.807) is 4.68 Å². The molecule has 0 amide bonds. The molecule has 0 aliphatic heterocycles. The highest BCUT2D eigenvalue weighted by atomic mass is 15.3. The second-order valence-corrected chi connectivity index (χ2v) is 4.51. The number of nitrogens with zero attached hydrogens (tertiary/aromatic N) is 2. The lowest BCUT2D eigenvalue weighted by atomic mass is 10.0. The molecule has 2 aromatic rings. The molecule has 0 aliphatic carbocycles. The number of nitrogens with one attached hydrogen (secondary N) is 1. The third kappa shape index (κ3) is 3.42. The first-order valence-electron chi connectivity index (χ1n) is 6.29. The van der Waals surface area contributed by atoms with Crippen LogP contribution in [0, 0.1) is 0 Å². The van der Waals surface area contributed by atoms with E-state index in [-0.39, 0.29) is 6.04 Å². The Labute approximate surface area is 108 Å². The molecule has 2 rings (SSSR count). The molecule has 1 heterocycles. The molecule has 4 nitrogen and oxygen atoms in total. The zero-order chi connectivity index (χ0) is 12.8. The maximum absolute atomic E-state index is 5.59. The van der Waals surface area contributed by atoms with E-state index in [0.717, 1.165) is 25.0 Å². The maximum atomic E-state index is 5.59. The fourth-order valence-corrected chi connectivity index (χ4v) is 2.09. The van der Waals surface area contributed by atoms with Gasteiger partial charge in [-0.25, -0.2) is 0 Å². The molecule has 1 unspecified atom stereocenters. The summed E-state index contributed by atoms with van der Waals surface area (Å²) in [5, 5.41) is 4.38. The summed E-state index contributed by atoms with van der Waals surface area (Å²) < 4.78 is 1.80. The molecule has 0 saturated carbocycles. The van der Waals surface area contributed by atoms with Gasteiger partial charge in [0.05, 0.1) is 11.7 Å². The maximum Gasteiger partial charge on any atom is 0.0807 e. The van der Waals surface area contributed by atoms with Crippen LogP contribution in [0.1, 0.15) is 30.1 Å². The lowest BCUT2D eigenvalue weighted by Crippen LogP contribution is -2.28. The first-order chi connectivity index (χ1) is 8.79. The van der Waals surface area contributed by atoms with Crippen LogP contribution in [0.4, 0.5) is 0 Å². The number of nitrogens with two attached hydrogens (primary N) is 1. The molecular formula is C14H20N4. The molecule has 3 N–H and O–H groups in total. The van der Waals surface area contributed by atoms with Crippen LogP contribution in [-0.2, 0) is 13.5 Å². The fraction of sp³-hybridized carbons (Fsp3) is 0.357. The molecule has 0 aliphatic rings. The Hall–Kier alpha value is -1.65. The van der Waals surface area contributed by atoms with Crippen molar-refractivity contribution in [2.24, 2.45) is 12.9 Å². The molecule has 1 aromatic heterocycles. The van der Waals surface area contributed by atoms with Crippen LogP contribution >= 0.6 is 0 Å². The van der Waals surface area contributed by atoms with Crippen LogP contribution < -0.4 is 11.3 Å². The average molecular weight is 244 g/mol. The molecule has 0 radical (unpaired) electrons. The van der Waals surface area contributed by atoms with E-state index >= 15 is 0 Å². The van der Waals surface area contributed by atoms with E-state index in [2.05, 4.69) is 34.8 Å². The van der Waals surface area contributed by atoms with Gasteiger partial charge in [0.1, 0.15) is 0 Å². The zero-order valence-corrected chi connectivity index (χ0v) is 10.7. The average Bonchev–Trinajstić information content (AvgIpc) is 2.82. The lowest BCUT2D eigenvalue weighted by molar-refractivity contribution is 0.482. The van der Waals surface area contributed by atoms with E-state index in [0.29, 0.717) is 0 Å². The summed E-state index contributed by atoms with van der Waals surface area (Å²) in [6, 6.07) is 12.7. The first kappa shape index (κ1) is 12.8. The van der Waals surface area contributed by atoms with E-state index in [1.165, 1.54) is 5.56 Å². The van der Waals surface area contributed by atoms with Crippen molar-refractivity contribution in [1.82, 2.24) is 15.2 Å². The Morgan fingerprint density at radius 3 is 2.67 bits per heavy atom. The molecule has 0 bridgehead atoms. The standard InChI is InChI=1S/C14H20N4/c1-18-11-10-14(17-18)13(16-15)9-5-8-12-6-3-2-4-7-12/h2-4,6-7,10-11,13,16H,5,8-9,15H2,1H3. The normalized spacial score (nSPS) is 12.6. The summed E-state index contributed by atoms with van der Waals surface area (Å²) in [6.07, 6.45) is 5.10. The van der Waals surface area contributed by atoms with Gasteiger partial charge in [0.2, 0.25) is 0 Å². The molecule has 18 heavy (non-hydrogen) atoms. The lowest BCUT2D eigenvalue weighted by Gasteiger charge is -2.13. The van der Waals surface area contributed by atoms with Crippen LogP contribution in [0.25, 0.3) is 0 Å².